The van der Waals surface area contributed by atoms with Gasteiger partial charge in [-0.2, -0.15) is 0 Å². The van der Waals surface area contributed by atoms with Gasteiger partial charge in [-0.05, 0) is 23.3 Å². The Morgan fingerprint density at radius 1 is 1.38 bits per heavy atom. The maximum atomic E-state index is 6.12. The van der Waals surface area contributed by atoms with Gasteiger partial charge in [-0.3, -0.25) is 0 Å². The highest BCUT2D eigenvalue weighted by Crippen LogP contribution is 2.36. The molecule has 0 fully saturated rings. The Bertz CT molecular complexity index is 339. The van der Waals surface area contributed by atoms with Gasteiger partial charge in [0.15, 0.2) is 0 Å². The van der Waals surface area contributed by atoms with Gasteiger partial charge in [0.2, 0.25) is 0 Å². The predicted octanol–water partition coefficient (Wildman–Crippen LogP) is 3.41. The summed E-state index contributed by atoms with van der Waals surface area (Å²) in [5.74, 6) is 0. The zero-order valence-corrected chi connectivity index (χ0v) is 11.3. The van der Waals surface area contributed by atoms with Gasteiger partial charge >= 0.3 is 0 Å². The highest BCUT2D eigenvalue weighted by Gasteiger charge is 2.17. The van der Waals surface area contributed by atoms with Gasteiger partial charge in [-0.1, -0.05) is 32.0 Å². The number of nitrogen functional groups attached to an aromatic ring is 1. The van der Waals surface area contributed by atoms with E-state index in [1.807, 2.05) is 24.8 Å². The Morgan fingerprint density at radius 2 is 2.06 bits per heavy atom. The van der Waals surface area contributed by atoms with Crippen molar-refractivity contribution in [1.82, 2.24) is 0 Å². The molecule has 1 unspecified atom stereocenters. The lowest BCUT2D eigenvalue weighted by molar-refractivity contribution is 0.200. The van der Waals surface area contributed by atoms with Crippen LogP contribution in [0.3, 0.4) is 0 Å². The number of ether oxygens (including phenoxy) is 1. The van der Waals surface area contributed by atoms with Gasteiger partial charge in [0.05, 0.1) is 11.9 Å². The van der Waals surface area contributed by atoms with E-state index in [4.69, 9.17) is 10.5 Å². The summed E-state index contributed by atoms with van der Waals surface area (Å²) >= 11 is 1.90. The van der Waals surface area contributed by atoms with Crippen LogP contribution in [0.15, 0.2) is 18.2 Å². The van der Waals surface area contributed by atoms with Gasteiger partial charge in [0.25, 0.3) is 0 Å². The van der Waals surface area contributed by atoms with Gasteiger partial charge < -0.3 is 10.5 Å². The maximum absolute atomic E-state index is 6.12. The number of methoxy groups -OCH3 is 1. The molecule has 1 aromatic carbocycles. The molecule has 0 amide bonds. The second-order valence-corrected chi connectivity index (χ2v) is 5.99. The van der Waals surface area contributed by atoms with Crippen molar-refractivity contribution in [2.24, 2.45) is 0 Å². The average Bonchev–Trinajstić information content (AvgIpc) is 2.21. The summed E-state index contributed by atoms with van der Waals surface area (Å²) in [7, 11) is 1.74. The monoisotopic (exact) mass is 239 g/mol. The molecule has 0 spiro atoms. The molecule has 1 rings (SSSR count). The fourth-order valence-corrected chi connectivity index (χ4v) is 2.89. The lowest BCUT2D eigenvalue weighted by atomic mass is 10.1. The second kappa shape index (κ2) is 6.16. The highest BCUT2D eigenvalue weighted by atomic mass is 32.2. The lowest BCUT2D eigenvalue weighted by Gasteiger charge is -2.20. The molecule has 0 radical (unpaired) electrons. The first-order valence-corrected chi connectivity index (χ1v) is 6.50. The molecule has 0 aliphatic carbocycles. The molecule has 0 aromatic heterocycles. The number of hydrogen-bond donors (Lipinski definition) is 1. The third-order valence-corrected chi connectivity index (χ3v) is 3.72. The number of para-hydroxylation sites is 1. The fourth-order valence-electron chi connectivity index (χ4n) is 1.67. The SMILES string of the molecule is COCC(SC(C)C)c1cccc(C)c1N. The molecule has 0 aliphatic rings. The van der Waals surface area contributed by atoms with Gasteiger partial charge in [-0.15, -0.1) is 11.8 Å². The van der Waals surface area contributed by atoms with E-state index < -0.39 is 0 Å². The topological polar surface area (TPSA) is 35.2 Å². The minimum absolute atomic E-state index is 0.324. The van der Waals surface area contributed by atoms with E-state index in [-0.39, 0.29) is 0 Å². The number of anilines is 1. The number of benzene rings is 1. The van der Waals surface area contributed by atoms with Crippen LogP contribution < -0.4 is 5.73 Å². The van der Waals surface area contributed by atoms with E-state index in [9.17, 15) is 0 Å². The van der Waals surface area contributed by atoms with E-state index in [2.05, 4.69) is 26.0 Å². The van der Waals surface area contributed by atoms with Crippen molar-refractivity contribution < 1.29 is 4.74 Å². The molecular weight excluding hydrogens is 218 g/mol. The largest absolute Gasteiger partial charge is 0.398 e. The van der Waals surface area contributed by atoms with Crippen LogP contribution in [0.5, 0.6) is 0 Å². The Balaban J connectivity index is 2.96. The van der Waals surface area contributed by atoms with Crippen molar-refractivity contribution in [2.45, 2.75) is 31.3 Å². The van der Waals surface area contributed by atoms with Gasteiger partial charge in [0, 0.05) is 12.8 Å². The standard InChI is InChI=1S/C13H21NOS/c1-9(2)16-12(8-15-4)11-7-5-6-10(3)13(11)14/h5-7,9,12H,8,14H2,1-4H3. The molecule has 0 heterocycles. The summed E-state index contributed by atoms with van der Waals surface area (Å²) in [5.41, 5.74) is 9.36. The second-order valence-electron chi connectivity index (χ2n) is 4.21. The summed E-state index contributed by atoms with van der Waals surface area (Å²) in [4.78, 5) is 0. The average molecular weight is 239 g/mol. The molecule has 0 aliphatic heterocycles. The molecule has 2 N–H and O–H groups in total. The summed E-state index contributed by atoms with van der Waals surface area (Å²) < 4.78 is 5.28. The Morgan fingerprint density at radius 3 is 2.62 bits per heavy atom. The molecule has 1 atom stereocenters. The van der Waals surface area contributed by atoms with E-state index in [1.165, 1.54) is 5.56 Å². The van der Waals surface area contributed by atoms with Crippen molar-refractivity contribution in [2.75, 3.05) is 19.5 Å². The quantitative estimate of drug-likeness (QED) is 0.800. The van der Waals surface area contributed by atoms with Crippen LogP contribution in [0.25, 0.3) is 0 Å². The highest BCUT2D eigenvalue weighted by molar-refractivity contribution is 8.00. The van der Waals surface area contributed by atoms with Crippen LogP contribution in [0.2, 0.25) is 0 Å². The molecule has 0 saturated heterocycles. The minimum Gasteiger partial charge on any atom is -0.398 e. The summed E-state index contributed by atoms with van der Waals surface area (Å²) in [6.07, 6.45) is 0. The van der Waals surface area contributed by atoms with Crippen LogP contribution in [-0.4, -0.2) is 19.0 Å². The fraction of sp³-hybridized carbons (Fsp3) is 0.538. The Labute approximate surface area is 103 Å². The first kappa shape index (κ1) is 13.4. The van der Waals surface area contributed by atoms with Gasteiger partial charge in [-0.25, -0.2) is 0 Å². The first-order valence-electron chi connectivity index (χ1n) is 5.55. The third kappa shape index (κ3) is 3.42. The van der Waals surface area contributed by atoms with Crippen molar-refractivity contribution in [3.05, 3.63) is 29.3 Å². The van der Waals surface area contributed by atoms with Crippen molar-refractivity contribution in [1.29, 1.82) is 0 Å². The molecule has 1 aromatic rings. The van der Waals surface area contributed by atoms with Crippen LogP contribution in [0.4, 0.5) is 5.69 Å². The predicted molar refractivity (Wildman–Crippen MR) is 72.9 cm³/mol. The zero-order chi connectivity index (χ0) is 12.1. The summed E-state index contributed by atoms with van der Waals surface area (Å²) in [6.45, 7) is 7.14. The Kier molecular flexibility index (Phi) is 5.16. The smallest absolute Gasteiger partial charge is 0.0623 e. The minimum atomic E-state index is 0.324. The molecule has 16 heavy (non-hydrogen) atoms. The maximum Gasteiger partial charge on any atom is 0.0623 e. The third-order valence-electron chi connectivity index (χ3n) is 2.46. The van der Waals surface area contributed by atoms with Crippen LogP contribution in [-0.2, 0) is 4.74 Å². The van der Waals surface area contributed by atoms with Crippen LogP contribution >= 0.6 is 11.8 Å². The molecule has 3 heteroatoms. The van der Waals surface area contributed by atoms with E-state index >= 15 is 0 Å². The van der Waals surface area contributed by atoms with Crippen molar-refractivity contribution in [3.8, 4) is 0 Å². The summed E-state index contributed by atoms with van der Waals surface area (Å²) in [5, 5.41) is 0.893. The number of rotatable bonds is 5. The van der Waals surface area contributed by atoms with Crippen molar-refractivity contribution in [3.63, 3.8) is 0 Å². The van der Waals surface area contributed by atoms with Crippen molar-refractivity contribution >= 4 is 17.4 Å². The Hall–Kier alpha value is -0.670. The molecule has 90 valence electrons. The van der Waals surface area contributed by atoms with Gasteiger partial charge in [0.1, 0.15) is 0 Å². The van der Waals surface area contributed by atoms with Crippen LogP contribution in [0.1, 0.15) is 30.2 Å². The molecule has 0 bridgehead atoms. The van der Waals surface area contributed by atoms with Crippen LogP contribution in [0, 0.1) is 6.92 Å². The van der Waals surface area contributed by atoms with E-state index in [0.717, 1.165) is 11.3 Å². The summed E-state index contributed by atoms with van der Waals surface area (Å²) in [6, 6.07) is 6.20. The first-order chi connectivity index (χ1) is 7.56. The zero-order valence-electron chi connectivity index (χ0n) is 10.5. The number of nitrogens with two attached hydrogens (primary N) is 1. The number of hydrogen-bond acceptors (Lipinski definition) is 3. The number of thioether (sulfide) groups is 1. The van der Waals surface area contributed by atoms with E-state index in [0.29, 0.717) is 17.1 Å². The normalized spacial score (nSPS) is 13.1. The molecule has 2 nitrogen and oxygen atoms in total. The number of aryl methyl sites for hydroxylation is 1. The molecular formula is C13H21NOS. The molecule has 0 saturated carbocycles. The van der Waals surface area contributed by atoms with E-state index in [1.54, 1.807) is 7.11 Å². The lowest BCUT2D eigenvalue weighted by Crippen LogP contribution is -2.09.